The molecule has 0 saturated heterocycles. The molecule has 6 heteroatoms. The predicted molar refractivity (Wildman–Crippen MR) is 99.9 cm³/mol. The summed E-state index contributed by atoms with van der Waals surface area (Å²) < 4.78 is 5.63. The van der Waals surface area contributed by atoms with Crippen LogP contribution in [0.2, 0.25) is 0 Å². The maximum absolute atomic E-state index is 11.9. The first-order valence-corrected chi connectivity index (χ1v) is 8.25. The second-order valence-corrected chi connectivity index (χ2v) is 6.20. The molecular formula is C20H22N2O4. The van der Waals surface area contributed by atoms with Crippen molar-refractivity contribution >= 4 is 18.1 Å². The third-order valence-electron chi connectivity index (χ3n) is 3.71. The van der Waals surface area contributed by atoms with Crippen LogP contribution < -0.4 is 10.2 Å². The Morgan fingerprint density at radius 2 is 1.88 bits per heavy atom. The number of hydrogen-bond acceptors (Lipinski definition) is 4. The van der Waals surface area contributed by atoms with Gasteiger partial charge in [0.05, 0.1) is 11.8 Å². The molecule has 0 aliphatic rings. The van der Waals surface area contributed by atoms with E-state index in [0.29, 0.717) is 17.2 Å². The monoisotopic (exact) mass is 354 g/mol. The summed E-state index contributed by atoms with van der Waals surface area (Å²) in [4.78, 5) is 22.7. The molecule has 0 spiro atoms. The van der Waals surface area contributed by atoms with Crippen LogP contribution >= 0.6 is 0 Å². The van der Waals surface area contributed by atoms with Gasteiger partial charge in [-0.25, -0.2) is 10.2 Å². The molecule has 0 fully saturated rings. The molecule has 0 aliphatic heterocycles. The van der Waals surface area contributed by atoms with Gasteiger partial charge in [-0.05, 0) is 47.7 Å². The van der Waals surface area contributed by atoms with Gasteiger partial charge in [0, 0.05) is 0 Å². The summed E-state index contributed by atoms with van der Waals surface area (Å²) in [6.45, 7) is 5.96. The molecular weight excluding hydrogens is 332 g/mol. The van der Waals surface area contributed by atoms with Crippen LogP contribution in [0.1, 0.15) is 46.8 Å². The number of carboxylic acids is 1. The maximum Gasteiger partial charge on any atom is 0.335 e. The topological polar surface area (TPSA) is 88.0 Å². The number of nitrogens with zero attached hydrogens (tertiary/aromatic N) is 1. The molecule has 0 aromatic heterocycles. The van der Waals surface area contributed by atoms with Crippen molar-refractivity contribution in [3.05, 3.63) is 64.7 Å². The number of hydrogen-bond donors (Lipinski definition) is 2. The minimum absolute atomic E-state index is 0.140. The van der Waals surface area contributed by atoms with Gasteiger partial charge >= 0.3 is 5.97 Å². The molecule has 0 heterocycles. The van der Waals surface area contributed by atoms with Gasteiger partial charge in [0.25, 0.3) is 5.91 Å². The highest BCUT2D eigenvalue weighted by molar-refractivity contribution is 5.89. The van der Waals surface area contributed by atoms with Crippen molar-refractivity contribution in [2.24, 2.45) is 5.10 Å². The lowest BCUT2D eigenvalue weighted by Crippen LogP contribution is -2.25. The Morgan fingerprint density at radius 1 is 1.19 bits per heavy atom. The van der Waals surface area contributed by atoms with Crippen LogP contribution in [0.5, 0.6) is 5.75 Å². The average molecular weight is 354 g/mol. The van der Waals surface area contributed by atoms with Gasteiger partial charge < -0.3 is 9.84 Å². The zero-order valence-electron chi connectivity index (χ0n) is 15.0. The van der Waals surface area contributed by atoms with Crippen LogP contribution in [-0.4, -0.2) is 29.8 Å². The molecule has 6 nitrogen and oxygen atoms in total. The third kappa shape index (κ3) is 5.44. The fourth-order valence-electron chi connectivity index (χ4n) is 2.31. The predicted octanol–water partition coefficient (Wildman–Crippen LogP) is 3.35. The van der Waals surface area contributed by atoms with Crippen molar-refractivity contribution in [3.8, 4) is 5.75 Å². The van der Waals surface area contributed by atoms with Crippen LogP contribution in [0.15, 0.2) is 47.6 Å². The molecule has 2 aromatic carbocycles. The van der Waals surface area contributed by atoms with Crippen molar-refractivity contribution in [1.82, 2.24) is 5.43 Å². The fraction of sp³-hybridized carbons (Fsp3) is 0.250. The van der Waals surface area contributed by atoms with Crippen LogP contribution in [0.3, 0.4) is 0 Å². The summed E-state index contributed by atoms with van der Waals surface area (Å²) in [5, 5.41) is 12.7. The van der Waals surface area contributed by atoms with Crippen molar-refractivity contribution in [3.63, 3.8) is 0 Å². The number of nitrogens with one attached hydrogen (secondary N) is 1. The number of carboxylic acid groups (broad SMARTS) is 1. The minimum Gasteiger partial charge on any atom is -0.483 e. The van der Waals surface area contributed by atoms with Crippen molar-refractivity contribution in [2.45, 2.75) is 26.7 Å². The summed E-state index contributed by atoms with van der Waals surface area (Å²) >= 11 is 0. The number of aromatic carboxylic acids is 1. The summed E-state index contributed by atoms with van der Waals surface area (Å²) in [7, 11) is 0. The van der Waals surface area contributed by atoms with Crippen molar-refractivity contribution in [2.75, 3.05) is 6.61 Å². The smallest absolute Gasteiger partial charge is 0.335 e. The van der Waals surface area contributed by atoms with E-state index < -0.39 is 5.97 Å². The van der Waals surface area contributed by atoms with Crippen LogP contribution in [-0.2, 0) is 4.79 Å². The molecule has 0 atom stereocenters. The lowest BCUT2D eigenvalue weighted by atomic mass is 10.0. The van der Waals surface area contributed by atoms with Gasteiger partial charge in [0.1, 0.15) is 5.75 Å². The van der Waals surface area contributed by atoms with Crippen molar-refractivity contribution in [1.29, 1.82) is 0 Å². The van der Waals surface area contributed by atoms with E-state index in [1.165, 1.54) is 18.3 Å². The normalized spacial score (nSPS) is 10.9. The maximum atomic E-state index is 11.9. The number of rotatable bonds is 7. The van der Waals surface area contributed by atoms with Gasteiger partial charge in [0.15, 0.2) is 6.61 Å². The van der Waals surface area contributed by atoms with Gasteiger partial charge in [-0.3, -0.25) is 4.79 Å². The Balaban J connectivity index is 1.89. The average Bonchev–Trinajstić information content (AvgIpc) is 2.60. The lowest BCUT2D eigenvalue weighted by molar-refractivity contribution is -0.123. The van der Waals surface area contributed by atoms with Crippen LogP contribution in [0.25, 0.3) is 0 Å². The van der Waals surface area contributed by atoms with E-state index in [9.17, 15) is 9.59 Å². The highest BCUT2D eigenvalue weighted by Crippen LogP contribution is 2.27. The Labute approximate surface area is 152 Å². The standard InChI is InChI=1S/C20H22N2O4/c1-13(2)17-9-4-14(3)10-18(17)26-12-19(23)22-21-11-15-5-7-16(8-6-15)20(24)25/h4-11,13H,12H2,1-3H3,(H,22,23)(H,24,25)/b21-11-. The van der Waals surface area contributed by atoms with Crippen LogP contribution in [0.4, 0.5) is 0 Å². The highest BCUT2D eigenvalue weighted by Gasteiger charge is 2.10. The molecule has 0 bridgehead atoms. The summed E-state index contributed by atoms with van der Waals surface area (Å²) in [6.07, 6.45) is 1.44. The number of aryl methyl sites for hydroxylation is 1. The SMILES string of the molecule is Cc1ccc(C(C)C)c(OCC(=O)N/N=C\c2ccc(C(=O)O)cc2)c1. The number of benzene rings is 2. The molecule has 1 amide bonds. The highest BCUT2D eigenvalue weighted by atomic mass is 16.5. The number of carbonyl (C=O) groups is 2. The number of amides is 1. The van der Waals surface area contributed by atoms with E-state index in [2.05, 4.69) is 24.4 Å². The third-order valence-corrected chi connectivity index (χ3v) is 3.71. The van der Waals surface area contributed by atoms with E-state index in [4.69, 9.17) is 9.84 Å². The van der Waals surface area contributed by atoms with E-state index in [1.54, 1.807) is 12.1 Å². The van der Waals surface area contributed by atoms with Gasteiger partial charge in [-0.15, -0.1) is 0 Å². The largest absolute Gasteiger partial charge is 0.483 e. The van der Waals surface area contributed by atoms with E-state index in [1.807, 2.05) is 25.1 Å². The van der Waals surface area contributed by atoms with E-state index in [0.717, 1.165) is 11.1 Å². The number of ether oxygens (including phenoxy) is 1. The zero-order valence-corrected chi connectivity index (χ0v) is 15.0. The summed E-state index contributed by atoms with van der Waals surface area (Å²) in [5.41, 5.74) is 5.37. The van der Waals surface area contributed by atoms with Gasteiger partial charge in [-0.2, -0.15) is 5.10 Å². The first-order valence-electron chi connectivity index (χ1n) is 8.25. The number of hydrazone groups is 1. The molecule has 2 aromatic rings. The second kappa shape index (κ2) is 8.80. The first kappa shape index (κ1) is 19.2. The molecule has 0 radical (unpaired) electrons. The quantitative estimate of drug-likeness (QED) is 0.589. The summed E-state index contributed by atoms with van der Waals surface area (Å²) in [5.74, 6) is -0.376. The summed E-state index contributed by atoms with van der Waals surface area (Å²) in [6, 6.07) is 12.1. The van der Waals surface area contributed by atoms with Gasteiger partial charge in [0.2, 0.25) is 0 Å². The molecule has 0 aliphatic carbocycles. The second-order valence-electron chi connectivity index (χ2n) is 6.20. The Bertz CT molecular complexity index is 811. The molecule has 0 unspecified atom stereocenters. The van der Waals surface area contributed by atoms with E-state index in [-0.39, 0.29) is 18.1 Å². The molecule has 0 saturated carbocycles. The Kier molecular flexibility index (Phi) is 6.49. The molecule has 2 N–H and O–H groups in total. The Morgan fingerprint density at radius 3 is 2.50 bits per heavy atom. The van der Waals surface area contributed by atoms with Gasteiger partial charge in [-0.1, -0.05) is 38.1 Å². The lowest BCUT2D eigenvalue weighted by Gasteiger charge is -2.14. The Hall–Kier alpha value is -3.15. The van der Waals surface area contributed by atoms with E-state index >= 15 is 0 Å². The number of carbonyl (C=O) groups excluding carboxylic acids is 1. The molecule has 136 valence electrons. The zero-order chi connectivity index (χ0) is 19.1. The molecule has 2 rings (SSSR count). The van der Waals surface area contributed by atoms with Crippen LogP contribution in [0, 0.1) is 6.92 Å². The van der Waals surface area contributed by atoms with Crippen molar-refractivity contribution < 1.29 is 19.4 Å². The fourth-order valence-corrected chi connectivity index (χ4v) is 2.31. The first-order chi connectivity index (χ1) is 12.4. The molecule has 26 heavy (non-hydrogen) atoms. The minimum atomic E-state index is -0.990.